The highest BCUT2D eigenvalue weighted by Crippen LogP contribution is 2.37. The quantitative estimate of drug-likeness (QED) is 0.401. The number of nitro benzene ring substituents is 1. The number of aryl methyl sites for hydroxylation is 2. The lowest BCUT2D eigenvalue weighted by molar-refractivity contribution is -0.385. The summed E-state index contributed by atoms with van der Waals surface area (Å²) in [6, 6.07) is 8.76. The van der Waals surface area contributed by atoms with Gasteiger partial charge in [0.05, 0.1) is 4.92 Å². The van der Waals surface area contributed by atoms with Crippen molar-refractivity contribution in [1.29, 1.82) is 0 Å². The van der Waals surface area contributed by atoms with Gasteiger partial charge in [-0.15, -0.1) is 6.58 Å². The molecule has 0 radical (unpaired) electrons. The largest absolute Gasteiger partial charge is 0.450 e. The van der Waals surface area contributed by atoms with Gasteiger partial charge in [0.15, 0.2) is 0 Å². The SMILES string of the molecule is C=CCc1cc(C)cc(C)c1Oc1ccc(Br)cc1[N+](=O)[O-]. The molecule has 0 aliphatic heterocycles. The molecule has 0 N–H and O–H groups in total. The van der Waals surface area contributed by atoms with Crippen molar-refractivity contribution in [2.75, 3.05) is 0 Å². The number of rotatable bonds is 5. The minimum Gasteiger partial charge on any atom is -0.450 e. The van der Waals surface area contributed by atoms with Gasteiger partial charge < -0.3 is 4.74 Å². The summed E-state index contributed by atoms with van der Waals surface area (Å²) in [7, 11) is 0. The van der Waals surface area contributed by atoms with Crippen LogP contribution in [0.2, 0.25) is 0 Å². The van der Waals surface area contributed by atoms with E-state index in [1.165, 1.54) is 6.07 Å². The molecule has 4 nitrogen and oxygen atoms in total. The van der Waals surface area contributed by atoms with E-state index in [9.17, 15) is 10.1 Å². The molecule has 2 aromatic carbocycles. The first kappa shape index (κ1) is 16.2. The molecule has 5 heteroatoms. The lowest BCUT2D eigenvalue weighted by Gasteiger charge is -2.14. The third kappa shape index (κ3) is 3.54. The molecular formula is C17H16BrNO3. The van der Waals surface area contributed by atoms with Crippen molar-refractivity contribution in [3.8, 4) is 11.5 Å². The van der Waals surface area contributed by atoms with Crippen molar-refractivity contribution in [2.45, 2.75) is 20.3 Å². The number of halogens is 1. The third-order valence-electron chi connectivity index (χ3n) is 3.19. The average molecular weight is 362 g/mol. The molecule has 0 spiro atoms. The Kier molecular flexibility index (Phi) is 4.98. The summed E-state index contributed by atoms with van der Waals surface area (Å²) >= 11 is 3.24. The fourth-order valence-electron chi connectivity index (χ4n) is 2.32. The molecule has 22 heavy (non-hydrogen) atoms. The van der Waals surface area contributed by atoms with E-state index in [4.69, 9.17) is 4.74 Å². The van der Waals surface area contributed by atoms with Gasteiger partial charge in [-0.05, 0) is 43.5 Å². The van der Waals surface area contributed by atoms with E-state index < -0.39 is 4.92 Å². The van der Waals surface area contributed by atoms with E-state index in [0.717, 1.165) is 16.7 Å². The fraction of sp³-hybridized carbons (Fsp3) is 0.176. The molecule has 114 valence electrons. The summed E-state index contributed by atoms with van der Waals surface area (Å²) in [6.45, 7) is 7.69. The normalized spacial score (nSPS) is 10.3. The van der Waals surface area contributed by atoms with Gasteiger partial charge >= 0.3 is 5.69 Å². The van der Waals surface area contributed by atoms with Gasteiger partial charge in [0, 0.05) is 10.5 Å². The molecule has 2 aromatic rings. The molecule has 0 saturated heterocycles. The monoisotopic (exact) mass is 361 g/mol. The van der Waals surface area contributed by atoms with E-state index in [1.54, 1.807) is 18.2 Å². The van der Waals surface area contributed by atoms with E-state index in [-0.39, 0.29) is 11.4 Å². The molecule has 0 amide bonds. The van der Waals surface area contributed by atoms with Crippen molar-refractivity contribution in [2.24, 2.45) is 0 Å². The maximum absolute atomic E-state index is 11.2. The van der Waals surface area contributed by atoms with Gasteiger partial charge in [0.25, 0.3) is 0 Å². The summed E-state index contributed by atoms with van der Waals surface area (Å²) in [4.78, 5) is 10.8. The van der Waals surface area contributed by atoms with Crippen LogP contribution in [0.5, 0.6) is 11.5 Å². The number of nitro groups is 1. The van der Waals surface area contributed by atoms with Gasteiger partial charge in [0.1, 0.15) is 5.75 Å². The maximum Gasteiger partial charge on any atom is 0.312 e. The van der Waals surface area contributed by atoms with Gasteiger partial charge in [-0.2, -0.15) is 0 Å². The lowest BCUT2D eigenvalue weighted by Crippen LogP contribution is -1.98. The standard InChI is InChI=1S/C17H16BrNO3/c1-4-5-13-9-11(2)8-12(3)17(13)22-16-7-6-14(18)10-15(16)19(20)21/h4,6-10H,1,5H2,2-3H3. The van der Waals surface area contributed by atoms with Crippen molar-refractivity contribution < 1.29 is 9.66 Å². The Labute approximate surface area is 137 Å². The van der Waals surface area contributed by atoms with Crippen molar-refractivity contribution in [3.05, 3.63) is 74.3 Å². The van der Waals surface area contributed by atoms with E-state index in [1.807, 2.05) is 26.0 Å². The third-order valence-corrected chi connectivity index (χ3v) is 3.68. The Morgan fingerprint density at radius 2 is 2.05 bits per heavy atom. The Morgan fingerprint density at radius 3 is 2.68 bits per heavy atom. The number of benzene rings is 2. The fourth-order valence-corrected chi connectivity index (χ4v) is 2.67. The zero-order valence-electron chi connectivity index (χ0n) is 12.4. The van der Waals surface area contributed by atoms with Gasteiger partial charge in [0.2, 0.25) is 5.75 Å². The lowest BCUT2D eigenvalue weighted by atomic mass is 10.0. The Balaban J connectivity index is 2.51. The zero-order chi connectivity index (χ0) is 16.3. The molecule has 0 aromatic heterocycles. The first-order valence-corrected chi connectivity index (χ1v) is 7.54. The zero-order valence-corrected chi connectivity index (χ0v) is 14.0. The van der Waals surface area contributed by atoms with Crippen LogP contribution in [0.25, 0.3) is 0 Å². The first-order valence-electron chi connectivity index (χ1n) is 6.75. The number of allylic oxidation sites excluding steroid dienone is 1. The highest BCUT2D eigenvalue weighted by Gasteiger charge is 2.18. The summed E-state index contributed by atoms with van der Waals surface area (Å²) < 4.78 is 6.52. The number of hydrogen-bond acceptors (Lipinski definition) is 3. The van der Waals surface area contributed by atoms with Crippen LogP contribution >= 0.6 is 15.9 Å². The van der Waals surface area contributed by atoms with Crippen molar-refractivity contribution in [1.82, 2.24) is 0 Å². The van der Waals surface area contributed by atoms with Crippen LogP contribution < -0.4 is 4.74 Å². The topological polar surface area (TPSA) is 52.4 Å². The number of hydrogen-bond donors (Lipinski definition) is 0. The number of ether oxygens (including phenoxy) is 1. The maximum atomic E-state index is 11.2. The molecule has 0 bridgehead atoms. The highest BCUT2D eigenvalue weighted by molar-refractivity contribution is 9.10. The summed E-state index contributed by atoms with van der Waals surface area (Å²) in [5.41, 5.74) is 2.95. The highest BCUT2D eigenvalue weighted by atomic mass is 79.9. The molecule has 0 saturated carbocycles. The predicted octanol–water partition coefficient (Wildman–Crippen LogP) is 5.49. The summed E-state index contributed by atoms with van der Waals surface area (Å²) in [6.07, 6.45) is 2.43. The molecule has 0 fully saturated rings. The van der Waals surface area contributed by atoms with Crippen molar-refractivity contribution in [3.63, 3.8) is 0 Å². The Morgan fingerprint density at radius 1 is 1.32 bits per heavy atom. The van der Waals surface area contributed by atoms with Gasteiger partial charge in [-0.25, -0.2) is 0 Å². The predicted molar refractivity (Wildman–Crippen MR) is 90.7 cm³/mol. The Hall–Kier alpha value is -2.14. The molecule has 0 atom stereocenters. The molecular weight excluding hydrogens is 346 g/mol. The first-order chi connectivity index (χ1) is 10.4. The van der Waals surface area contributed by atoms with Crippen LogP contribution in [0.1, 0.15) is 16.7 Å². The van der Waals surface area contributed by atoms with Gasteiger partial charge in [-0.1, -0.05) is 39.7 Å². The van der Waals surface area contributed by atoms with Crippen LogP contribution in [-0.2, 0) is 6.42 Å². The molecule has 0 aliphatic rings. The summed E-state index contributed by atoms with van der Waals surface area (Å²) in [5.74, 6) is 0.876. The second-order valence-electron chi connectivity index (χ2n) is 5.03. The Bertz CT molecular complexity index is 741. The summed E-state index contributed by atoms with van der Waals surface area (Å²) in [5, 5.41) is 11.2. The number of nitrogens with zero attached hydrogens (tertiary/aromatic N) is 1. The molecule has 2 rings (SSSR count). The van der Waals surface area contributed by atoms with Crippen LogP contribution in [0, 0.1) is 24.0 Å². The molecule has 0 heterocycles. The van der Waals surface area contributed by atoms with Gasteiger partial charge in [-0.3, -0.25) is 10.1 Å². The second-order valence-corrected chi connectivity index (χ2v) is 5.95. The van der Waals surface area contributed by atoms with E-state index in [0.29, 0.717) is 16.6 Å². The van der Waals surface area contributed by atoms with Crippen LogP contribution in [0.4, 0.5) is 5.69 Å². The van der Waals surface area contributed by atoms with Crippen molar-refractivity contribution >= 4 is 21.6 Å². The second kappa shape index (κ2) is 6.75. The van der Waals surface area contributed by atoms with Crippen LogP contribution in [0.3, 0.4) is 0 Å². The minimum absolute atomic E-state index is 0.0705. The molecule has 0 unspecified atom stereocenters. The van der Waals surface area contributed by atoms with E-state index >= 15 is 0 Å². The smallest absolute Gasteiger partial charge is 0.312 e. The van der Waals surface area contributed by atoms with Crippen LogP contribution in [-0.4, -0.2) is 4.92 Å². The minimum atomic E-state index is -0.448. The van der Waals surface area contributed by atoms with E-state index in [2.05, 4.69) is 22.5 Å². The molecule has 0 aliphatic carbocycles. The van der Waals surface area contributed by atoms with Crippen LogP contribution in [0.15, 0.2) is 47.5 Å². The average Bonchev–Trinajstić information content (AvgIpc) is 2.44.